The Morgan fingerprint density at radius 3 is 2.81 bits per heavy atom. The highest BCUT2D eigenvalue weighted by Crippen LogP contribution is 2.24. The van der Waals surface area contributed by atoms with Gasteiger partial charge in [-0.05, 0) is 37.1 Å². The Bertz CT molecular complexity index is 376. The molecule has 0 bridgehead atoms. The molecular formula is C12H15F2NS. The molecule has 4 heteroatoms. The van der Waals surface area contributed by atoms with Gasteiger partial charge in [-0.1, -0.05) is 0 Å². The van der Waals surface area contributed by atoms with Crippen molar-refractivity contribution in [3.05, 3.63) is 29.3 Å². The number of anilines is 1. The predicted molar refractivity (Wildman–Crippen MR) is 65.1 cm³/mol. The molecular weight excluding hydrogens is 228 g/mol. The van der Waals surface area contributed by atoms with Gasteiger partial charge in [0.2, 0.25) is 0 Å². The van der Waals surface area contributed by atoms with E-state index < -0.39 is 0 Å². The molecule has 1 aromatic carbocycles. The lowest BCUT2D eigenvalue weighted by Gasteiger charge is -2.23. The van der Waals surface area contributed by atoms with Gasteiger partial charge in [0.15, 0.2) is 0 Å². The molecule has 1 atom stereocenters. The Morgan fingerprint density at radius 2 is 2.12 bits per heavy atom. The van der Waals surface area contributed by atoms with Crippen molar-refractivity contribution >= 4 is 17.4 Å². The van der Waals surface area contributed by atoms with Crippen LogP contribution in [-0.4, -0.2) is 17.5 Å². The van der Waals surface area contributed by atoms with Crippen molar-refractivity contribution in [1.82, 2.24) is 0 Å². The first-order valence-corrected chi connectivity index (χ1v) is 6.62. The van der Waals surface area contributed by atoms with Gasteiger partial charge in [0.25, 0.3) is 0 Å². The van der Waals surface area contributed by atoms with Crippen LogP contribution in [0.3, 0.4) is 0 Å². The Balaban J connectivity index is 2.11. The fourth-order valence-corrected chi connectivity index (χ4v) is 2.90. The number of aryl methyl sites for hydroxylation is 1. The van der Waals surface area contributed by atoms with Gasteiger partial charge in [-0.15, -0.1) is 0 Å². The normalized spacial score (nSPS) is 20.8. The molecule has 88 valence electrons. The van der Waals surface area contributed by atoms with E-state index in [1.807, 2.05) is 11.8 Å². The van der Waals surface area contributed by atoms with Crippen molar-refractivity contribution in [3.8, 4) is 0 Å². The van der Waals surface area contributed by atoms with Gasteiger partial charge in [-0.25, -0.2) is 8.78 Å². The standard InChI is InChI=1S/C12H15F2NS/c1-8-5-11(14)12(6-10(8)13)15-9-3-2-4-16-7-9/h5-6,9,15H,2-4,7H2,1H3. The Labute approximate surface area is 98.6 Å². The third-order valence-corrected chi connectivity index (χ3v) is 3.98. The lowest BCUT2D eigenvalue weighted by Crippen LogP contribution is -2.26. The van der Waals surface area contributed by atoms with E-state index in [2.05, 4.69) is 5.32 Å². The SMILES string of the molecule is Cc1cc(F)c(NC2CCCSC2)cc1F. The van der Waals surface area contributed by atoms with Crippen LogP contribution < -0.4 is 5.32 Å². The molecule has 1 nitrogen and oxygen atoms in total. The van der Waals surface area contributed by atoms with E-state index in [4.69, 9.17) is 0 Å². The summed E-state index contributed by atoms with van der Waals surface area (Å²) in [6.45, 7) is 1.57. The fourth-order valence-electron chi connectivity index (χ4n) is 1.83. The minimum atomic E-state index is -0.366. The van der Waals surface area contributed by atoms with Gasteiger partial charge in [0, 0.05) is 17.9 Å². The van der Waals surface area contributed by atoms with Crippen molar-refractivity contribution in [2.45, 2.75) is 25.8 Å². The van der Waals surface area contributed by atoms with Gasteiger partial charge in [-0.3, -0.25) is 0 Å². The zero-order valence-corrected chi connectivity index (χ0v) is 10.0. The number of nitrogens with one attached hydrogen (secondary N) is 1. The van der Waals surface area contributed by atoms with Crippen LogP contribution in [0.25, 0.3) is 0 Å². The molecule has 0 radical (unpaired) electrons. The second kappa shape index (κ2) is 5.04. The molecule has 1 N–H and O–H groups in total. The number of hydrogen-bond acceptors (Lipinski definition) is 2. The summed E-state index contributed by atoms with van der Waals surface area (Å²) in [5, 5.41) is 3.08. The molecule has 0 spiro atoms. The van der Waals surface area contributed by atoms with Crippen LogP contribution in [0.5, 0.6) is 0 Å². The molecule has 1 heterocycles. The highest BCUT2D eigenvalue weighted by atomic mass is 32.2. The highest BCUT2D eigenvalue weighted by Gasteiger charge is 2.16. The van der Waals surface area contributed by atoms with Crippen molar-refractivity contribution in [1.29, 1.82) is 0 Å². The average molecular weight is 243 g/mol. The molecule has 0 aliphatic carbocycles. The molecule has 1 fully saturated rings. The molecule has 0 amide bonds. The summed E-state index contributed by atoms with van der Waals surface area (Å²) in [7, 11) is 0. The van der Waals surface area contributed by atoms with Crippen LogP contribution >= 0.6 is 11.8 Å². The molecule has 1 aromatic rings. The Morgan fingerprint density at radius 1 is 1.31 bits per heavy atom. The minimum absolute atomic E-state index is 0.260. The number of halogens is 2. The summed E-state index contributed by atoms with van der Waals surface area (Å²) in [6, 6.07) is 2.76. The lowest BCUT2D eigenvalue weighted by molar-refractivity contribution is 0.589. The van der Waals surface area contributed by atoms with Gasteiger partial charge in [0.1, 0.15) is 11.6 Å². The van der Waals surface area contributed by atoms with Crippen LogP contribution in [0.4, 0.5) is 14.5 Å². The molecule has 1 unspecified atom stereocenters. The second-order valence-electron chi connectivity index (χ2n) is 4.14. The zero-order chi connectivity index (χ0) is 11.5. The molecule has 16 heavy (non-hydrogen) atoms. The maximum absolute atomic E-state index is 13.5. The van der Waals surface area contributed by atoms with Crippen LogP contribution in [0.2, 0.25) is 0 Å². The third kappa shape index (κ3) is 2.67. The third-order valence-electron chi connectivity index (χ3n) is 2.77. The largest absolute Gasteiger partial charge is 0.379 e. The second-order valence-corrected chi connectivity index (χ2v) is 5.29. The molecule has 1 aliphatic heterocycles. The summed E-state index contributed by atoms with van der Waals surface area (Å²) >= 11 is 1.86. The Kier molecular flexibility index (Phi) is 3.69. The number of hydrogen-bond donors (Lipinski definition) is 1. The summed E-state index contributed by atoms with van der Waals surface area (Å²) < 4.78 is 26.9. The molecule has 0 saturated carbocycles. The summed E-state index contributed by atoms with van der Waals surface area (Å²) in [5.74, 6) is 1.42. The van der Waals surface area contributed by atoms with Crippen LogP contribution in [0, 0.1) is 18.6 Å². The summed E-state index contributed by atoms with van der Waals surface area (Å²) in [4.78, 5) is 0. The van der Waals surface area contributed by atoms with Gasteiger partial charge in [-0.2, -0.15) is 11.8 Å². The quantitative estimate of drug-likeness (QED) is 0.852. The number of rotatable bonds is 2. The van der Waals surface area contributed by atoms with E-state index in [0.29, 0.717) is 5.56 Å². The summed E-state index contributed by atoms with van der Waals surface area (Å²) in [5.41, 5.74) is 0.636. The highest BCUT2D eigenvalue weighted by molar-refractivity contribution is 7.99. The monoisotopic (exact) mass is 243 g/mol. The summed E-state index contributed by atoms with van der Waals surface area (Å²) in [6.07, 6.45) is 2.17. The van der Waals surface area contributed by atoms with Crippen molar-refractivity contribution in [2.24, 2.45) is 0 Å². The van der Waals surface area contributed by atoms with E-state index in [1.165, 1.54) is 17.9 Å². The maximum Gasteiger partial charge on any atom is 0.146 e. The van der Waals surface area contributed by atoms with Crippen molar-refractivity contribution < 1.29 is 8.78 Å². The number of benzene rings is 1. The van der Waals surface area contributed by atoms with Crippen LogP contribution in [0.1, 0.15) is 18.4 Å². The average Bonchev–Trinajstić information content (AvgIpc) is 2.27. The molecule has 1 saturated heterocycles. The Hall–Kier alpha value is -0.770. The predicted octanol–water partition coefficient (Wildman–Crippen LogP) is 3.58. The van der Waals surface area contributed by atoms with Crippen LogP contribution in [-0.2, 0) is 0 Å². The fraction of sp³-hybridized carbons (Fsp3) is 0.500. The lowest BCUT2D eigenvalue weighted by atomic mass is 10.1. The van der Waals surface area contributed by atoms with E-state index in [1.54, 1.807) is 6.92 Å². The first kappa shape index (κ1) is 11.7. The first-order chi connectivity index (χ1) is 7.66. The molecule has 2 rings (SSSR count). The smallest absolute Gasteiger partial charge is 0.146 e. The number of thioether (sulfide) groups is 1. The van der Waals surface area contributed by atoms with Gasteiger partial charge in [0.05, 0.1) is 5.69 Å². The van der Waals surface area contributed by atoms with Gasteiger partial charge < -0.3 is 5.32 Å². The van der Waals surface area contributed by atoms with E-state index in [0.717, 1.165) is 18.6 Å². The maximum atomic E-state index is 13.5. The van der Waals surface area contributed by atoms with Crippen LogP contribution in [0.15, 0.2) is 12.1 Å². The first-order valence-electron chi connectivity index (χ1n) is 5.47. The topological polar surface area (TPSA) is 12.0 Å². The van der Waals surface area contributed by atoms with E-state index in [-0.39, 0.29) is 23.4 Å². The minimum Gasteiger partial charge on any atom is -0.379 e. The van der Waals surface area contributed by atoms with Crippen molar-refractivity contribution in [2.75, 3.05) is 16.8 Å². The van der Waals surface area contributed by atoms with Crippen molar-refractivity contribution in [3.63, 3.8) is 0 Å². The molecule has 1 aliphatic rings. The van der Waals surface area contributed by atoms with E-state index in [9.17, 15) is 8.78 Å². The van der Waals surface area contributed by atoms with E-state index >= 15 is 0 Å². The zero-order valence-electron chi connectivity index (χ0n) is 9.22. The molecule has 0 aromatic heterocycles. The van der Waals surface area contributed by atoms with Gasteiger partial charge >= 0.3 is 0 Å².